The Morgan fingerprint density at radius 2 is 1.82 bits per heavy atom. The van der Waals surface area contributed by atoms with Crippen LogP contribution in [0.3, 0.4) is 0 Å². The molecule has 0 unspecified atom stereocenters. The van der Waals surface area contributed by atoms with Crippen LogP contribution in [0.1, 0.15) is 25.5 Å². The molecule has 0 bridgehead atoms. The van der Waals surface area contributed by atoms with Crippen LogP contribution in [0.15, 0.2) is 33.5 Å². The lowest BCUT2D eigenvalue weighted by molar-refractivity contribution is 0.470. The largest absolute Gasteiger partial charge is 0.401 e. The lowest BCUT2D eigenvalue weighted by atomic mass is 10.1. The highest BCUT2D eigenvalue weighted by atomic mass is 35.5. The van der Waals surface area contributed by atoms with E-state index in [0.29, 0.717) is 16.3 Å². The average molecular weight is 251 g/mol. The van der Waals surface area contributed by atoms with Crippen molar-refractivity contribution in [1.82, 2.24) is 10.2 Å². The fourth-order valence-electron chi connectivity index (χ4n) is 1.36. The van der Waals surface area contributed by atoms with Crippen LogP contribution in [-0.2, 0) is 0 Å². The molecular weight excluding hydrogens is 240 g/mol. The second-order valence-electron chi connectivity index (χ2n) is 3.94. The van der Waals surface area contributed by atoms with E-state index in [9.17, 15) is 4.79 Å². The molecule has 17 heavy (non-hydrogen) atoms. The summed E-state index contributed by atoms with van der Waals surface area (Å²) in [6, 6.07) is 6.86. The van der Waals surface area contributed by atoms with Crippen LogP contribution >= 0.6 is 11.6 Å². The molecule has 0 radical (unpaired) electrons. The van der Waals surface area contributed by atoms with Crippen LogP contribution < -0.4 is 5.63 Å². The van der Waals surface area contributed by atoms with Crippen molar-refractivity contribution in [2.45, 2.75) is 19.8 Å². The molecule has 0 aliphatic rings. The monoisotopic (exact) mass is 250 g/mol. The van der Waals surface area contributed by atoms with Gasteiger partial charge >= 0.3 is 5.63 Å². The molecule has 0 spiro atoms. The molecular formula is C12H11ClN2O2. The zero-order chi connectivity index (χ0) is 12.4. The first-order chi connectivity index (χ1) is 8.08. The van der Waals surface area contributed by atoms with Crippen LogP contribution in [0, 0.1) is 0 Å². The van der Waals surface area contributed by atoms with Crippen molar-refractivity contribution in [3.05, 3.63) is 45.4 Å². The Labute approximate surface area is 103 Å². The fourth-order valence-corrected chi connectivity index (χ4v) is 1.49. The minimum Gasteiger partial charge on any atom is -0.401 e. The van der Waals surface area contributed by atoms with Crippen LogP contribution in [0.2, 0.25) is 5.02 Å². The van der Waals surface area contributed by atoms with Gasteiger partial charge in [0.2, 0.25) is 5.89 Å². The van der Waals surface area contributed by atoms with Crippen molar-refractivity contribution >= 4 is 11.6 Å². The topological polar surface area (TPSA) is 56.0 Å². The Hall–Kier alpha value is -1.68. The van der Waals surface area contributed by atoms with Gasteiger partial charge in [-0.25, -0.2) is 4.79 Å². The Bertz CT molecular complexity index is 576. The smallest absolute Gasteiger partial charge is 0.361 e. The molecule has 0 saturated heterocycles. The van der Waals surface area contributed by atoms with Gasteiger partial charge in [0, 0.05) is 16.5 Å². The Morgan fingerprint density at radius 3 is 2.35 bits per heavy atom. The van der Waals surface area contributed by atoms with E-state index in [-0.39, 0.29) is 11.8 Å². The van der Waals surface area contributed by atoms with Crippen LogP contribution in [-0.4, -0.2) is 10.2 Å². The van der Waals surface area contributed by atoms with Crippen LogP contribution in [0.5, 0.6) is 0 Å². The third-order valence-electron chi connectivity index (χ3n) is 2.29. The SMILES string of the molecule is CC(C)c1nnc(-c2ccc(Cl)cc2)oc1=O. The van der Waals surface area contributed by atoms with E-state index < -0.39 is 5.63 Å². The van der Waals surface area contributed by atoms with Gasteiger partial charge in [-0.15, -0.1) is 10.2 Å². The lowest BCUT2D eigenvalue weighted by Gasteiger charge is -2.02. The summed E-state index contributed by atoms with van der Waals surface area (Å²) >= 11 is 5.77. The molecule has 4 nitrogen and oxygen atoms in total. The lowest BCUT2D eigenvalue weighted by Crippen LogP contribution is -2.13. The quantitative estimate of drug-likeness (QED) is 0.822. The normalized spacial score (nSPS) is 10.8. The minimum atomic E-state index is -0.444. The summed E-state index contributed by atoms with van der Waals surface area (Å²) in [5.74, 6) is 0.203. The maximum Gasteiger partial charge on any atom is 0.361 e. The van der Waals surface area contributed by atoms with Crippen molar-refractivity contribution in [1.29, 1.82) is 0 Å². The second-order valence-corrected chi connectivity index (χ2v) is 4.38. The van der Waals surface area contributed by atoms with Gasteiger partial charge in [-0.2, -0.15) is 0 Å². The average Bonchev–Trinajstić information content (AvgIpc) is 2.29. The molecule has 0 atom stereocenters. The molecule has 1 aromatic carbocycles. The molecule has 0 aliphatic carbocycles. The van der Waals surface area contributed by atoms with E-state index in [4.69, 9.17) is 16.0 Å². The first-order valence-electron chi connectivity index (χ1n) is 5.21. The van der Waals surface area contributed by atoms with Gasteiger partial charge in [0.15, 0.2) is 5.69 Å². The van der Waals surface area contributed by atoms with E-state index >= 15 is 0 Å². The highest BCUT2D eigenvalue weighted by Crippen LogP contribution is 2.18. The zero-order valence-electron chi connectivity index (χ0n) is 9.48. The van der Waals surface area contributed by atoms with E-state index in [1.807, 2.05) is 13.8 Å². The summed E-state index contributed by atoms with van der Waals surface area (Å²) in [4.78, 5) is 11.6. The maximum atomic E-state index is 11.6. The molecule has 1 heterocycles. The van der Waals surface area contributed by atoms with Gasteiger partial charge in [-0.05, 0) is 24.3 Å². The molecule has 2 rings (SSSR count). The Balaban J connectivity index is 2.45. The van der Waals surface area contributed by atoms with Gasteiger partial charge in [0.25, 0.3) is 0 Å². The van der Waals surface area contributed by atoms with Gasteiger partial charge in [0.05, 0.1) is 0 Å². The third-order valence-corrected chi connectivity index (χ3v) is 2.54. The zero-order valence-corrected chi connectivity index (χ0v) is 10.2. The van der Waals surface area contributed by atoms with E-state index in [1.165, 1.54) is 0 Å². The van der Waals surface area contributed by atoms with Crippen molar-refractivity contribution < 1.29 is 4.42 Å². The molecule has 1 aromatic heterocycles. The standard InChI is InChI=1S/C12H11ClN2O2/c1-7(2)10-12(16)17-11(15-14-10)8-3-5-9(13)6-4-8/h3-7H,1-2H3. The van der Waals surface area contributed by atoms with Crippen molar-refractivity contribution in [3.8, 4) is 11.5 Å². The van der Waals surface area contributed by atoms with Crippen LogP contribution in [0.4, 0.5) is 0 Å². The van der Waals surface area contributed by atoms with Crippen LogP contribution in [0.25, 0.3) is 11.5 Å². The fraction of sp³-hybridized carbons (Fsp3) is 0.250. The van der Waals surface area contributed by atoms with Gasteiger partial charge in [-0.3, -0.25) is 0 Å². The number of halogens is 1. The molecule has 0 amide bonds. The summed E-state index contributed by atoms with van der Waals surface area (Å²) < 4.78 is 5.12. The predicted molar refractivity (Wildman–Crippen MR) is 65.1 cm³/mol. The highest BCUT2D eigenvalue weighted by Gasteiger charge is 2.11. The summed E-state index contributed by atoms with van der Waals surface area (Å²) in [5, 5.41) is 8.40. The van der Waals surface area contributed by atoms with E-state index in [1.54, 1.807) is 24.3 Å². The third kappa shape index (κ3) is 2.53. The molecule has 2 aromatic rings. The summed E-state index contributed by atoms with van der Waals surface area (Å²) in [6.45, 7) is 3.73. The number of nitrogens with zero attached hydrogens (tertiary/aromatic N) is 2. The number of aromatic nitrogens is 2. The molecule has 88 valence electrons. The summed E-state index contributed by atoms with van der Waals surface area (Å²) in [6.07, 6.45) is 0. The molecule has 0 N–H and O–H groups in total. The van der Waals surface area contributed by atoms with Crippen molar-refractivity contribution in [3.63, 3.8) is 0 Å². The summed E-state index contributed by atoms with van der Waals surface area (Å²) in [5.41, 5.74) is 0.567. The van der Waals surface area contributed by atoms with Crippen molar-refractivity contribution in [2.24, 2.45) is 0 Å². The molecule has 5 heteroatoms. The number of rotatable bonds is 2. The van der Waals surface area contributed by atoms with Gasteiger partial charge < -0.3 is 4.42 Å². The van der Waals surface area contributed by atoms with Gasteiger partial charge in [0.1, 0.15) is 0 Å². The minimum absolute atomic E-state index is 0.00184. The highest BCUT2D eigenvalue weighted by molar-refractivity contribution is 6.30. The molecule has 0 saturated carbocycles. The predicted octanol–water partition coefficient (Wildman–Crippen LogP) is 2.87. The number of benzene rings is 1. The Kier molecular flexibility index (Phi) is 3.24. The molecule has 0 aliphatic heterocycles. The molecule has 0 fully saturated rings. The maximum absolute atomic E-state index is 11.6. The first-order valence-corrected chi connectivity index (χ1v) is 5.59. The van der Waals surface area contributed by atoms with E-state index in [2.05, 4.69) is 10.2 Å². The summed E-state index contributed by atoms with van der Waals surface area (Å²) in [7, 11) is 0. The number of hydrogen-bond donors (Lipinski definition) is 0. The second kappa shape index (κ2) is 4.67. The Morgan fingerprint density at radius 1 is 1.18 bits per heavy atom. The van der Waals surface area contributed by atoms with Crippen molar-refractivity contribution in [2.75, 3.05) is 0 Å². The van der Waals surface area contributed by atoms with Gasteiger partial charge in [-0.1, -0.05) is 25.4 Å². The number of hydrogen-bond acceptors (Lipinski definition) is 4. The van der Waals surface area contributed by atoms with E-state index in [0.717, 1.165) is 0 Å². The first kappa shape index (κ1) is 11.8.